The van der Waals surface area contributed by atoms with Crippen LogP contribution in [0.15, 0.2) is 6.20 Å². The molecule has 0 spiro atoms. The minimum Gasteiger partial charge on any atom is -0.354 e. The highest BCUT2D eigenvalue weighted by molar-refractivity contribution is 7.15. The molecule has 0 amide bonds. The fraction of sp³-hybridized carbons (Fsp3) is 0.750. The van der Waals surface area contributed by atoms with Crippen LogP contribution in [-0.4, -0.2) is 25.1 Å². The van der Waals surface area contributed by atoms with Crippen molar-refractivity contribution in [3.63, 3.8) is 0 Å². The monoisotopic (exact) mass is 275 g/mol. The van der Waals surface area contributed by atoms with Gasteiger partial charge in [-0.15, -0.1) is 23.7 Å². The van der Waals surface area contributed by atoms with Crippen LogP contribution in [0.5, 0.6) is 0 Å². The minimum absolute atomic E-state index is 0. The highest BCUT2D eigenvalue weighted by atomic mass is 35.5. The molecule has 0 aromatic carbocycles. The number of thiazole rings is 1. The molecule has 1 aliphatic rings. The maximum atomic E-state index is 4.38. The van der Waals surface area contributed by atoms with Crippen molar-refractivity contribution >= 4 is 28.9 Å². The van der Waals surface area contributed by atoms with Crippen molar-refractivity contribution in [2.24, 2.45) is 0 Å². The Hall–Kier alpha value is -0.320. The quantitative estimate of drug-likeness (QED) is 0.915. The first-order chi connectivity index (χ1) is 7.75. The number of halogens is 1. The summed E-state index contributed by atoms with van der Waals surface area (Å²) in [6, 6.07) is 0.735. The van der Waals surface area contributed by atoms with Gasteiger partial charge in [-0.1, -0.05) is 19.3 Å². The molecule has 0 radical (unpaired) electrons. The summed E-state index contributed by atoms with van der Waals surface area (Å²) in [5.74, 6) is 0. The zero-order valence-corrected chi connectivity index (χ0v) is 12.2. The molecule has 5 heteroatoms. The second-order valence-electron chi connectivity index (χ2n) is 4.72. The summed E-state index contributed by atoms with van der Waals surface area (Å²) in [6.07, 6.45) is 8.89. The fourth-order valence-corrected chi connectivity index (χ4v) is 2.92. The average Bonchev–Trinajstić information content (AvgIpc) is 2.76. The molecule has 0 aliphatic heterocycles. The first-order valence-corrected chi connectivity index (χ1v) is 6.93. The molecule has 17 heavy (non-hydrogen) atoms. The summed E-state index contributed by atoms with van der Waals surface area (Å²) in [5.41, 5.74) is 0. The van der Waals surface area contributed by atoms with Crippen molar-refractivity contribution in [2.45, 2.75) is 44.7 Å². The maximum Gasteiger partial charge on any atom is 0.185 e. The van der Waals surface area contributed by atoms with E-state index in [1.807, 2.05) is 20.3 Å². The molecule has 1 aliphatic carbocycles. The van der Waals surface area contributed by atoms with Crippen molar-refractivity contribution in [2.75, 3.05) is 19.0 Å². The van der Waals surface area contributed by atoms with Gasteiger partial charge in [0.15, 0.2) is 5.13 Å². The molecule has 98 valence electrons. The van der Waals surface area contributed by atoms with Gasteiger partial charge in [0.2, 0.25) is 0 Å². The number of hydrogen-bond donors (Lipinski definition) is 1. The van der Waals surface area contributed by atoms with Gasteiger partial charge in [0.05, 0.1) is 0 Å². The van der Waals surface area contributed by atoms with Gasteiger partial charge >= 0.3 is 0 Å². The zero-order valence-electron chi connectivity index (χ0n) is 10.6. The van der Waals surface area contributed by atoms with Gasteiger partial charge in [-0.3, -0.25) is 0 Å². The lowest BCUT2D eigenvalue weighted by molar-refractivity contribution is 0.373. The second kappa shape index (κ2) is 7.19. The van der Waals surface area contributed by atoms with Crippen LogP contribution in [0.2, 0.25) is 0 Å². The van der Waals surface area contributed by atoms with Crippen LogP contribution in [0.4, 0.5) is 5.13 Å². The van der Waals surface area contributed by atoms with E-state index in [0.717, 1.165) is 17.7 Å². The van der Waals surface area contributed by atoms with Crippen LogP contribution in [0.1, 0.15) is 37.0 Å². The summed E-state index contributed by atoms with van der Waals surface area (Å²) in [4.78, 5) is 7.79. The van der Waals surface area contributed by atoms with Crippen LogP contribution in [-0.2, 0) is 6.54 Å². The Labute approximate surface area is 114 Å². The lowest BCUT2D eigenvalue weighted by atomic mass is 9.95. The molecule has 0 atom stereocenters. The minimum atomic E-state index is 0. The molecule has 1 aromatic rings. The normalized spacial score (nSPS) is 16.6. The standard InChI is InChI=1S/C12H21N3S.ClH/c1-15(2)12-14-9-11(16-12)8-13-10-6-4-3-5-7-10;/h9-10,13H,3-8H2,1-2H3;1H. The number of nitrogens with zero attached hydrogens (tertiary/aromatic N) is 2. The maximum absolute atomic E-state index is 4.38. The fourth-order valence-electron chi connectivity index (χ4n) is 2.14. The molecular weight excluding hydrogens is 254 g/mol. The predicted octanol–water partition coefficient (Wildman–Crippen LogP) is 3.05. The molecule has 0 unspecified atom stereocenters. The SMILES string of the molecule is CN(C)c1ncc(CNC2CCCCC2)s1.Cl. The summed E-state index contributed by atoms with van der Waals surface area (Å²) in [5, 5.41) is 4.74. The van der Waals surface area contributed by atoms with Crippen LogP contribution in [0.3, 0.4) is 0 Å². The first kappa shape index (κ1) is 14.7. The topological polar surface area (TPSA) is 28.2 Å². The highest BCUT2D eigenvalue weighted by Crippen LogP contribution is 2.22. The Balaban J connectivity index is 0.00000144. The third kappa shape index (κ3) is 4.45. The molecular formula is C12H22ClN3S. The third-order valence-corrected chi connectivity index (χ3v) is 4.26. The van der Waals surface area contributed by atoms with E-state index in [-0.39, 0.29) is 12.4 Å². The second-order valence-corrected chi connectivity index (χ2v) is 5.81. The summed E-state index contributed by atoms with van der Waals surface area (Å²) in [7, 11) is 4.08. The zero-order chi connectivity index (χ0) is 11.4. The van der Waals surface area contributed by atoms with E-state index in [4.69, 9.17) is 0 Å². The molecule has 0 saturated heterocycles. The van der Waals surface area contributed by atoms with Gasteiger partial charge in [-0.25, -0.2) is 4.98 Å². The van der Waals surface area contributed by atoms with E-state index in [0.29, 0.717) is 0 Å². The summed E-state index contributed by atoms with van der Waals surface area (Å²) >= 11 is 1.78. The molecule has 3 nitrogen and oxygen atoms in total. The number of aromatic nitrogens is 1. The number of nitrogens with one attached hydrogen (secondary N) is 1. The Kier molecular flexibility index (Phi) is 6.23. The van der Waals surface area contributed by atoms with E-state index >= 15 is 0 Å². The van der Waals surface area contributed by atoms with Crippen molar-refractivity contribution in [1.29, 1.82) is 0 Å². The van der Waals surface area contributed by atoms with E-state index < -0.39 is 0 Å². The molecule has 1 heterocycles. The Morgan fingerprint density at radius 2 is 2.06 bits per heavy atom. The smallest absolute Gasteiger partial charge is 0.185 e. The van der Waals surface area contributed by atoms with Gasteiger partial charge < -0.3 is 10.2 Å². The van der Waals surface area contributed by atoms with Crippen molar-refractivity contribution in [1.82, 2.24) is 10.3 Å². The van der Waals surface area contributed by atoms with Crippen molar-refractivity contribution in [3.8, 4) is 0 Å². The van der Waals surface area contributed by atoms with E-state index in [1.54, 1.807) is 11.3 Å². The van der Waals surface area contributed by atoms with Crippen LogP contribution in [0.25, 0.3) is 0 Å². The first-order valence-electron chi connectivity index (χ1n) is 6.11. The lowest BCUT2D eigenvalue weighted by Crippen LogP contribution is -2.30. The van der Waals surface area contributed by atoms with Crippen LogP contribution >= 0.6 is 23.7 Å². The van der Waals surface area contributed by atoms with Crippen LogP contribution < -0.4 is 10.2 Å². The lowest BCUT2D eigenvalue weighted by Gasteiger charge is -2.22. The Morgan fingerprint density at radius 3 is 2.65 bits per heavy atom. The molecule has 1 N–H and O–H groups in total. The molecule has 1 saturated carbocycles. The number of anilines is 1. The highest BCUT2D eigenvalue weighted by Gasteiger charge is 2.13. The van der Waals surface area contributed by atoms with Gasteiger partial charge in [0, 0.05) is 37.8 Å². The number of hydrogen-bond acceptors (Lipinski definition) is 4. The van der Waals surface area contributed by atoms with Crippen molar-refractivity contribution in [3.05, 3.63) is 11.1 Å². The summed E-state index contributed by atoms with van der Waals surface area (Å²) in [6.45, 7) is 0.982. The molecule has 1 fully saturated rings. The van der Waals surface area contributed by atoms with E-state index in [1.165, 1.54) is 37.0 Å². The van der Waals surface area contributed by atoms with Gasteiger partial charge in [-0.2, -0.15) is 0 Å². The molecule has 2 rings (SSSR count). The van der Waals surface area contributed by atoms with Gasteiger partial charge in [0.1, 0.15) is 0 Å². The molecule has 0 bridgehead atoms. The number of rotatable bonds is 4. The van der Waals surface area contributed by atoms with Crippen LogP contribution in [0, 0.1) is 0 Å². The van der Waals surface area contributed by atoms with E-state index in [9.17, 15) is 0 Å². The van der Waals surface area contributed by atoms with Gasteiger partial charge in [-0.05, 0) is 12.8 Å². The average molecular weight is 276 g/mol. The largest absolute Gasteiger partial charge is 0.354 e. The van der Waals surface area contributed by atoms with Gasteiger partial charge in [0.25, 0.3) is 0 Å². The molecule has 1 aromatic heterocycles. The Morgan fingerprint density at radius 1 is 1.35 bits per heavy atom. The van der Waals surface area contributed by atoms with Crippen molar-refractivity contribution < 1.29 is 0 Å². The predicted molar refractivity (Wildman–Crippen MR) is 77.4 cm³/mol. The summed E-state index contributed by atoms with van der Waals surface area (Å²) < 4.78 is 0. The van der Waals surface area contributed by atoms with E-state index in [2.05, 4.69) is 15.2 Å². The Bertz CT molecular complexity index is 321. The third-order valence-electron chi connectivity index (χ3n) is 3.09.